The van der Waals surface area contributed by atoms with Crippen LogP contribution in [-0.2, 0) is 13.6 Å². The molecule has 0 aliphatic heterocycles. The first-order chi connectivity index (χ1) is 8.61. The van der Waals surface area contributed by atoms with Crippen molar-refractivity contribution >= 4 is 16.8 Å². The molecule has 1 aromatic carbocycles. The number of aryl methyl sites for hydroxylation is 1. The van der Waals surface area contributed by atoms with Gasteiger partial charge in [-0.25, -0.2) is 4.98 Å². The third-order valence-electron chi connectivity index (χ3n) is 3.58. The lowest BCUT2D eigenvalue weighted by molar-refractivity contribution is 0.839. The largest absolute Gasteiger partial charge is 0.325 e. The molecule has 0 saturated heterocycles. The van der Waals surface area contributed by atoms with Gasteiger partial charge in [-0.15, -0.1) is 0 Å². The van der Waals surface area contributed by atoms with Crippen LogP contribution in [0.3, 0.4) is 0 Å². The Balaban J connectivity index is 2.31. The first-order valence-corrected chi connectivity index (χ1v) is 6.28. The Bertz CT molecular complexity index is 718. The number of nitrogens with zero attached hydrogens (tertiary/aromatic N) is 3. The molecule has 4 nitrogen and oxygen atoms in total. The van der Waals surface area contributed by atoms with Gasteiger partial charge in [0.25, 0.3) is 0 Å². The highest BCUT2D eigenvalue weighted by Gasteiger charge is 2.11. The zero-order chi connectivity index (χ0) is 12.9. The van der Waals surface area contributed by atoms with E-state index in [4.69, 9.17) is 10.7 Å². The van der Waals surface area contributed by atoms with Crippen LogP contribution in [0.2, 0.25) is 0 Å². The van der Waals surface area contributed by atoms with Crippen LogP contribution < -0.4 is 5.73 Å². The fourth-order valence-electron chi connectivity index (χ4n) is 2.38. The van der Waals surface area contributed by atoms with Gasteiger partial charge >= 0.3 is 0 Å². The Morgan fingerprint density at radius 2 is 2.11 bits per heavy atom. The normalized spacial score (nSPS) is 12.1. The van der Waals surface area contributed by atoms with Crippen LogP contribution in [0.1, 0.15) is 31.0 Å². The molecule has 0 aliphatic rings. The zero-order valence-electron chi connectivity index (χ0n) is 11.0. The van der Waals surface area contributed by atoms with E-state index in [1.807, 2.05) is 7.05 Å². The summed E-state index contributed by atoms with van der Waals surface area (Å²) in [5, 5.41) is 0. The molecule has 3 aromatic rings. The van der Waals surface area contributed by atoms with Gasteiger partial charge in [-0.3, -0.25) is 4.40 Å². The Morgan fingerprint density at radius 3 is 2.78 bits per heavy atom. The van der Waals surface area contributed by atoms with Crippen molar-refractivity contribution in [3.63, 3.8) is 0 Å². The Labute approximate surface area is 106 Å². The molecular formula is C14H18N4. The van der Waals surface area contributed by atoms with Gasteiger partial charge in [-0.05, 0) is 23.6 Å². The molecule has 0 aliphatic carbocycles. The van der Waals surface area contributed by atoms with E-state index in [0.29, 0.717) is 12.5 Å². The van der Waals surface area contributed by atoms with Gasteiger partial charge in [0.1, 0.15) is 0 Å². The van der Waals surface area contributed by atoms with Crippen LogP contribution >= 0.6 is 0 Å². The third-order valence-corrected chi connectivity index (χ3v) is 3.58. The highest BCUT2D eigenvalue weighted by molar-refractivity contribution is 5.80. The lowest BCUT2D eigenvalue weighted by Gasteiger charge is -2.03. The van der Waals surface area contributed by atoms with Crippen molar-refractivity contribution in [1.82, 2.24) is 14.0 Å². The van der Waals surface area contributed by atoms with Gasteiger partial charge in [0.15, 0.2) is 0 Å². The molecule has 4 heteroatoms. The van der Waals surface area contributed by atoms with Gasteiger partial charge in [0.2, 0.25) is 5.78 Å². The van der Waals surface area contributed by atoms with Crippen LogP contribution in [-0.4, -0.2) is 14.0 Å². The number of nitrogens with two attached hydrogens (primary N) is 1. The predicted octanol–water partition coefficient (Wildman–Crippen LogP) is 2.41. The number of hydrogen-bond donors (Lipinski definition) is 1. The van der Waals surface area contributed by atoms with Crippen LogP contribution in [0, 0.1) is 0 Å². The zero-order valence-corrected chi connectivity index (χ0v) is 11.0. The molecule has 2 N–H and O–H groups in total. The lowest BCUT2D eigenvalue weighted by Crippen LogP contribution is -2.02. The van der Waals surface area contributed by atoms with Crippen LogP contribution in [0.15, 0.2) is 24.4 Å². The maximum Gasteiger partial charge on any atom is 0.214 e. The fourth-order valence-corrected chi connectivity index (χ4v) is 2.38. The Morgan fingerprint density at radius 1 is 1.33 bits per heavy atom. The Kier molecular flexibility index (Phi) is 2.41. The second-order valence-corrected chi connectivity index (χ2v) is 5.07. The van der Waals surface area contributed by atoms with E-state index >= 15 is 0 Å². The minimum absolute atomic E-state index is 0.527. The van der Waals surface area contributed by atoms with Gasteiger partial charge in [0.05, 0.1) is 16.7 Å². The molecule has 0 radical (unpaired) electrons. The van der Waals surface area contributed by atoms with Crippen LogP contribution in [0.25, 0.3) is 16.8 Å². The highest BCUT2D eigenvalue weighted by Crippen LogP contribution is 2.23. The Hall–Kier alpha value is -1.81. The second-order valence-electron chi connectivity index (χ2n) is 5.07. The number of rotatable bonds is 2. The van der Waals surface area contributed by atoms with Crippen molar-refractivity contribution in [3.8, 4) is 0 Å². The van der Waals surface area contributed by atoms with Crippen molar-refractivity contribution in [2.24, 2.45) is 12.8 Å². The van der Waals surface area contributed by atoms with Crippen molar-refractivity contribution in [2.45, 2.75) is 26.3 Å². The molecule has 0 unspecified atom stereocenters. The molecule has 3 rings (SSSR count). The van der Waals surface area contributed by atoms with Gasteiger partial charge in [-0.1, -0.05) is 19.9 Å². The van der Waals surface area contributed by atoms with E-state index in [9.17, 15) is 0 Å². The maximum absolute atomic E-state index is 5.72. The third kappa shape index (κ3) is 1.46. The molecule has 0 fully saturated rings. The quantitative estimate of drug-likeness (QED) is 0.750. The summed E-state index contributed by atoms with van der Waals surface area (Å²) in [6.07, 6.45) is 2.07. The average molecular weight is 242 g/mol. The summed E-state index contributed by atoms with van der Waals surface area (Å²) in [5.74, 6) is 1.48. The second kappa shape index (κ2) is 3.85. The van der Waals surface area contributed by atoms with Crippen LogP contribution in [0.4, 0.5) is 0 Å². The molecule has 0 spiro atoms. The highest BCUT2D eigenvalue weighted by atomic mass is 15.2. The minimum Gasteiger partial charge on any atom is -0.325 e. The fraction of sp³-hybridized carbons (Fsp3) is 0.357. The van der Waals surface area contributed by atoms with Crippen molar-refractivity contribution in [2.75, 3.05) is 0 Å². The van der Waals surface area contributed by atoms with Crippen LogP contribution in [0.5, 0.6) is 0 Å². The monoisotopic (exact) mass is 242 g/mol. The van der Waals surface area contributed by atoms with Gasteiger partial charge < -0.3 is 10.3 Å². The van der Waals surface area contributed by atoms with Crippen molar-refractivity contribution in [1.29, 1.82) is 0 Å². The standard InChI is InChI=1S/C14H18N4/c1-9(2)10-4-5-13-12(6-10)16-14-17(3)11(7-15)8-18(13)14/h4-6,8-9H,7,15H2,1-3H3. The summed E-state index contributed by atoms with van der Waals surface area (Å²) in [7, 11) is 2.01. The molecule has 2 heterocycles. The van der Waals surface area contributed by atoms with Gasteiger partial charge in [-0.2, -0.15) is 0 Å². The molecule has 0 bridgehead atoms. The van der Waals surface area contributed by atoms with Crippen molar-refractivity contribution < 1.29 is 0 Å². The van der Waals surface area contributed by atoms with E-state index in [1.165, 1.54) is 5.56 Å². The minimum atomic E-state index is 0.527. The summed E-state index contributed by atoms with van der Waals surface area (Å²) in [6.45, 7) is 4.93. The van der Waals surface area contributed by atoms with Crippen molar-refractivity contribution in [3.05, 3.63) is 35.7 Å². The smallest absolute Gasteiger partial charge is 0.214 e. The average Bonchev–Trinajstić information content (AvgIpc) is 2.86. The number of benzene rings is 1. The summed E-state index contributed by atoms with van der Waals surface area (Å²) in [4.78, 5) is 4.70. The molecular weight excluding hydrogens is 224 g/mol. The first kappa shape index (κ1) is 11.3. The number of hydrogen-bond acceptors (Lipinski definition) is 2. The summed E-state index contributed by atoms with van der Waals surface area (Å²) < 4.78 is 4.16. The molecule has 18 heavy (non-hydrogen) atoms. The number of fused-ring (bicyclic) bond motifs is 3. The first-order valence-electron chi connectivity index (χ1n) is 6.28. The summed E-state index contributed by atoms with van der Waals surface area (Å²) >= 11 is 0. The van der Waals surface area contributed by atoms with E-state index in [1.54, 1.807) is 0 Å². The molecule has 0 saturated carbocycles. The maximum atomic E-state index is 5.72. The summed E-state index contributed by atoms with van der Waals surface area (Å²) in [6, 6.07) is 6.50. The SMILES string of the molecule is CC(C)c1ccc2c(c1)nc1n(C)c(CN)cn21. The topological polar surface area (TPSA) is 48.2 Å². The van der Waals surface area contributed by atoms with E-state index in [0.717, 1.165) is 22.5 Å². The molecule has 94 valence electrons. The molecule has 0 atom stereocenters. The van der Waals surface area contributed by atoms with E-state index < -0.39 is 0 Å². The summed E-state index contributed by atoms with van der Waals surface area (Å²) in [5.41, 5.74) is 10.3. The van der Waals surface area contributed by atoms with E-state index in [2.05, 4.69) is 47.2 Å². The number of aromatic nitrogens is 3. The van der Waals surface area contributed by atoms with E-state index in [-0.39, 0.29) is 0 Å². The number of imidazole rings is 2. The van der Waals surface area contributed by atoms with Gasteiger partial charge in [0, 0.05) is 19.8 Å². The lowest BCUT2D eigenvalue weighted by atomic mass is 10.0. The predicted molar refractivity (Wildman–Crippen MR) is 73.6 cm³/mol. The molecule has 2 aromatic heterocycles. The molecule has 0 amide bonds.